The number of hydrogen-bond acceptors (Lipinski definition) is 2. The smallest absolute Gasteiger partial charge is 0.151 e. The summed E-state index contributed by atoms with van der Waals surface area (Å²) in [6, 6.07) is 5.89. The standard InChI is InChI=1S/C10H8ClIOS/c1-2-13-9-7-4-3-6(11)5-8(7)14-10(9)12/h3-5H,2H2,1H3. The first-order valence-corrected chi connectivity index (χ1v) is 6.50. The Morgan fingerprint density at radius 2 is 2.29 bits per heavy atom. The molecule has 4 heteroatoms. The molecule has 0 saturated carbocycles. The molecule has 2 aromatic rings. The number of benzene rings is 1. The summed E-state index contributed by atoms with van der Waals surface area (Å²) in [4.78, 5) is 0. The molecule has 1 aromatic carbocycles. The van der Waals surface area contributed by atoms with Gasteiger partial charge in [0.2, 0.25) is 0 Å². The molecule has 74 valence electrons. The predicted molar refractivity (Wildman–Crippen MR) is 70.7 cm³/mol. The van der Waals surface area contributed by atoms with Crippen molar-refractivity contribution in [3.8, 4) is 5.75 Å². The average molecular weight is 339 g/mol. The zero-order valence-corrected chi connectivity index (χ0v) is 11.2. The molecule has 2 rings (SSSR count). The summed E-state index contributed by atoms with van der Waals surface area (Å²) in [5.41, 5.74) is 0. The van der Waals surface area contributed by atoms with Gasteiger partial charge < -0.3 is 4.74 Å². The zero-order chi connectivity index (χ0) is 10.1. The van der Waals surface area contributed by atoms with Crippen molar-refractivity contribution in [2.45, 2.75) is 6.92 Å². The maximum Gasteiger partial charge on any atom is 0.151 e. The highest BCUT2D eigenvalue weighted by Crippen LogP contribution is 2.39. The van der Waals surface area contributed by atoms with Gasteiger partial charge in [-0.2, -0.15) is 0 Å². The van der Waals surface area contributed by atoms with E-state index in [0.717, 1.165) is 16.2 Å². The van der Waals surface area contributed by atoms with Crippen LogP contribution in [0.25, 0.3) is 10.1 Å². The summed E-state index contributed by atoms with van der Waals surface area (Å²) in [6.45, 7) is 2.69. The predicted octanol–water partition coefficient (Wildman–Crippen LogP) is 4.56. The van der Waals surface area contributed by atoms with Crippen molar-refractivity contribution >= 4 is 55.6 Å². The Labute approximate surface area is 105 Å². The molecule has 0 fully saturated rings. The summed E-state index contributed by atoms with van der Waals surface area (Å²) in [7, 11) is 0. The van der Waals surface area contributed by atoms with Gasteiger partial charge in [0.15, 0.2) is 5.75 Å². The van der Waals surface area contributed by atoms with E-state index >= 15 is 0 Å². The molecule has 1 aromatic heterocycles. The highest BCUT2D eigenvalue weighted by Gasteiger charge is 2.10. The minimum Gasteiger partial charge on any atom is -0.491 e. The molecule has 0 radical (unpaired) electrons. The first-order chi connectivity index (χ1) is 6.72. The molecule has 0 saturated heterocycles. The molecule has 0 bridgehead atoms. The molecule has 0 unspecified atom stereocenters. The van der Waals surface area contributed by atoms with Crippen LogP contribution in [0.2, 0.25) is 5.02 Å². The fourth-order valence-corrected chi connectivity index (χ4v) is 3.60. The van der Waals surface area contributed by atoms with Crippen molar-refractivity contribution < 1.29 is 4.74 Å². The van der Waals surface area contributed by atoms with Gasteiger partial charge in [-0.15, -0.1) is 11.3 Å². The first kappa shape index (κ1) is 10.5. The van der Waals surface area contributed by atoms with Crippen LogP contribution in [-0.2, 0) is 0 Å². The highest BCUT2D eigenvalue weighted by atomic mass is 127. The Balaban J connectivity index is 2.64. The number of thiophene rings is 1. The van der Waals surface area contributed by atoms with Gasteiger partial charge in [0.05, 0.1) is 6.61 Å². The molecular weight excluding hydrogens is 331 g/mol. The molecular formula is C10H8ClIOS. The minimum atomic E-state index is 0.699. The van der Waals surface area contributed by atoms with Gasteiger partial charge >= 0.3 is 0 Å². The van der Waals surface area contributed by atoms with E-state index in [1.54, 1.807) is 11.3 Å². The Morgan fingerprint density at radius 3 is 3.00 bits per heavy atom. The Morgan fingerprint density at radius 1 is 1.50 bits per heavy atom. The van der Waals surface area contributed by atoms with E-state index < -0.39 is 0 Å². The van der Waals surface area contributed by atoms with E-state index in [2.05, 4.69) is 22.6 Å². The SMILES string of the molecule is CCOc1c(I)sc2cc(Cl)ccc12. The van der Waals surface area contributed by atoms with Crippen LogP contribution in [-0.4, -0.2) is 6.61 Å². The van der Waals surface area contributed by atoms with Gasteiger partial charge in [-0.1, -0.05) is 11.6 Å². The third-order valence-corrected chi connectivity index (χ3v) is 4.16. The zero-order valence-electron chi connectivity index (χ0n) is 7.51. The number of ether oxygens (including phenoxy) is 1. The van der Waals surface area contributed by atoms with Gasteiger partial charge in [0.1, 0.15) is 2.88 Å². The molecule has 14 heavy (non-hydrogen) atoms. The third kappa shape index (κ3) is 1.85. The maximum atomic E-state index is 5.92. The lowest BCUT2D eigenvalue weighted by Crippen LogP contribution is -1.90. The van der Waals surface area contributed by atoms with Crippen molar-refractivity contribution in [3.05, 3.63) is 26.1 Å². The van der Waals surface area contributed by atoms with Crippen molar-refractivity contribution in [1.82, 2.24) is 0 Å². The van der Waals surface area contributed by atoms with Crippen LogP contribution in [0.15, 0.2) is 18.2 Å². The third-order valence-electron chi connectivity index (χ3n) is 1.86. The van der Waals surface area contributed by atoms with Crippen molar-refractivity contribution in [2.24, 2.45) is 0 Å². The van der Waals surface area contributed by atoms with Gasteiger partial charge in [0.25, 0.3) is 0 Å². The number of fused-ring (bicyclic) bond motifs is 1. The fraction of sp³-hybridized carbons (Fsp3) is 0.200. The molecule has 0 aliphatic heterocycles. The molecule has 0 amide bonds. The van der Waals surface area contributed by atoms with Crippen LogP contribution in [0.5, 0.6) is 5.75 Å². The molecule has 0 spiro atoms. The normalized spacial score (nSPS) is 10.8. The first-order valence-electron chi connectivity index (χ1n) is 4.22. The second-order valence-electron chi connectivity index (χ2n) is 2.78. The van der Waals surface area contributed by atoms with Crippen LogP contribution in [0.4, 0.5) is 0 Å². The lowest BCUT2D eigenvalue weighted by Gasteiger charge is -2.01. The summed E-state index contributed by atoms with van der Waals surface area (Å²) in [6.07, 6.45) is 0. The van der Waals surface area contributed by atoms with Crippen LogP contribution >= 0.6 is 45.5 Å². The fourth-order valence-electron chi connectivity index (χ4n) is 1.30. The maximum absolute atomic E-state index is 5.92. The molecule has 0 aliphatic carbocycles. The Bertz CT molecular complexity index is 466. The molecule has 1 nitrogen and oxygen atoms in total. The van der Waals surface area contributed by atoms with Crippen molar-refractivity contribution in [3.63, 3.8) is 0 Å². The second-order valence-corrected chi connectivity index (χ2v) is 6.08. The van der Waals surface area contributed by atoms with E-state index in [1.807, 2.05) is 25.1 Å². The quantitative estimate of drug-likeness (QED) is 0.730. The lowest BCUT2D eigenvalue weighted by molar-refractivity contribution is 0.343. The Hall–Kier alpha value is -0.0000000000000000555. The summed E-state index contributed by atoms with van der Waals surface area (Å²) in [5, 5.41) is 1.93. The van der Waals surface area contributed by atoms with Crippen LogP contribution in [0.3, 0.4) is 0 Å². The van der Waals surface area contributed by atoms with Gasteiger partial charge in [0, 0.05) is 15.1 Å². The number of halogens is 2. The van der Waals surface area contributed by atoms with E-state index in [4.69, 9.17) is 16.3 Å². The van der Waals surface area contributed by atoms with Gasteiger partial charge in [-0.25, -0.2) is 0 Å². The minimum absolute atomic E-state index is 0.699. The highest BCUT2D eigenvalue weighted by molar-refractivity contribution is 14.1. The van der Waals surface area contributed by atoms with E-state index in [9.17, 15) is 0 Å². The molecule has 0 aliphatic rings. The van der Waals surface area contributed by atoms with E-state index in [0.29, 0.717) is 6.61 Å². The Kier molecular flexibility index (Phi) is 3.19. The van der Waals surface area contributed by atoms with Crippen molar-refractivity contribution in [1.29, 1.82) is 0 Å². The monoisotopic (exact) mass is 338 g/mol. The molecule has 0 N–H and O–H groups in total. The summed E-state index contributed by atoms with van der Waals surface area (Å²) >= 11 is 9.93. The largest absolute Gasteiger partial charge is 0.491 e. The lowest BCUT2D eigenvalue weighted by atomic mass is 10.2. The van der Waals surface area contributed by atoms with Gasteiger partial charge in [-0.3, -0.25) is 0 Å². The topological polar surface area (TPSA) is 9.23 Å². The number of rotatable bonds is 2. The average Bonchev–Trinajstić information content (AvgIpc) is 2.43. The van der Waals surface area contributed by atoms with Crippen LogP contribution < -0.4 is 4.74 Å². The second kappa shape index (κ2) is 4.24. The van der Waals surface area contributed by atoms with E-state index in [-0.39, 0.29) is 0 Å². The summed E-state index contributed by atoms with van der Waals surface area (Å²) in [5.74, 6) is 0.991. The van der Waals surface area contributed by atoms with Gasteiger partial charge in [-0.05, 0) is 47.7 Å². The number of hydrogen-bond donors (Lipinski definition) is 0. The molecule has 0 atom stereocenters. The molecule has 1 heterocycles. The van der Waals surface area contributed by atoms with Crippen LogP contribution in [0.1, 0.15) is 6.92 Å². The summed E-state index contributed by atoms with van der Waals surface area (Å²) < 4.78 is 7.96. The van der Waals surface area contributed by atoms with Crippen molar-refractivity contribution in [2.75, 3.05) is 6.61 Å². The van der Waals surface area contributed by atoms with E-state index in [1.165, 1.54) is 7.58 Å². The van der Waals surface area contributed by atoms with Crippen LogP contribution in [0, 0.1) is 2.88 Å².